The molecule has 0 bridgehead atoms. The van der Waals surface area contributed by atoms with Crippen LogP contribution >= 0.6 is 0 Å². The Morgan fingerprint density at radius 1 is 1.21 bits per heavy atom. The number of hydrogen-bond donors (Lipinski definition) is 1. The number of pyridine rings is 1. The van der Waals surface area contributed by atoms with Gasteiger partial charge in [-0.3, -0.25) is 4.79 Å². The van der Waals surface area contributed by atoms with E-state index in [1.807, 2.05) is 13.8 Å². The lowest BCUT2D eigenvalue weighted by atomic mass is 9.88. The van der Waals surface area contributed by atoms with Crippen molar-refractivity contribution in [2.75, 3.05) is 5.32 Å². The summed E-state index contributed by atoms with van der Waals surface area (Å²) in [6, 6.07) is 4.33. The maximum atomic E-state index is 14.3. The van der Waals surface area contributed by atoms with Crippen molar-refractivity contribution in [3.63, 3.8) is 0 Å². The first kappa shape index (κ1) is 26.8. The van der Waals surface area contributed by atoms with Gasteiger partial charge in [0.25, 0.3) is 17.9 Å². The quantitative estimate of drug-likeness (QED) is 0.358. The Kier molecular flexibility index (Phi) is 8.74. The molecule has 3 aromatic rings. The summed E-state index contributed by atoms with van der Waals surface area (Å²) < 4.78 is 67.8. The maximum Gasteiger partial charge on any atom is 0.266 e. The van der Waals surface area contributed by atoms with Gasteiger partial charge < -0.3 is 9.88 Å². The minimum atomic E-state index is -2.94. The molecule has 0 unspecified atom stereocenters. The van der Waals surface area contributed by atoms with Crippen LogP contribution in [0.25, 0.3) is 10.9 Å². The average molecular weight is 480 g/mol. The van der Waals surface area contributed by atoms with Gasteiger partial charge in [0.05, 0.1) is 16.5 Å². The van der Waals surface area contributed by atoms with E-state index in [-0.39, 0.29) is 17.9 Å². The summed E-state index contributed by atoms with van der Waals surface area (Å²) in [5.74, 6) is -3.22. The number of fused-ring (bicyclic) bond motifs is 1. The van der Waals surface area contributed by atoms with E-state index in [4.69, 9.17) is 0 Å². The predicted molar refractivity (Wildman–Crippen MR) is 122 cm³/mol. The highest BCUT2D eigenvalue weighted by Gasteiger charge is 2.46. The number of benzene rings is 1. The molecular weight excluding hydrogens is 455 g/mol. The van der Waals surface area contributed by atoms with Crippen LogP contribution in [0.3, 0.4) is 0 Å². The van der Waals surface area contributed by atoms with Crippen LogP contribution in [0, 0.1) is 25.6 Å². The van der Waals surface area contributed by atoms with Crippen molar-refractivity contribution in [3.05, 3.63) is 63.6 Å². The zero-order valence-corrected chi connectivity index (χ0v) is 19.0. The summed E-state index contributed by atoms with van der Waals surface area (Å²) in [6.07, 6.45) is 5.60. The molecule has 0 radical (unpaired) electrons. The van der Waals surface area contributed by atoms with Gasteiger partial charge in [0, 0.05) is 43.3 Å². The molecule has 182 valence electrons. The average Bonchev–Trinajstić information content (AvgIpc) is 2.78. The van der Waals surface area contributed by atoms with Crippen LogP contribution in [-0.2, 0) is 6.54 Å². The highest BCUT2D eigenvalue weighted by atomic mass is 19.3. The zero-order chi connectivity index (χ0) is 25.6. The van der Waals surface area contributed by atoms with Crippen LogP contribution in [-0.4, -0.2) is 20.5 Å². The predicted octanol–water partition coefficient (Wildman–Crippen LogP) is 6.03. The summed E-state index contributed by atoms with van der Waals surface area (Å²) >= 11 is 0. The number of alkyl halides is 4. The van der Waals surface area contributed by atoms with Gasteiger partial charge in [-0.15, -0.1) is 12.8 Å². The van der Waals surface area contributed by atoms with Gasteiger partial charge in [0.15, 0.2) is 0 Å². The van der Waals surface area contributed by atoms with Gasteiger partial charge in [-0.1, -0.05) is 32.0 Å². The number of halogens is 5. The lowest BCUT2D eigenvalue weighted by Crippen LogP contribution is -2.40. The Morgan fingerprint density at radius 2 is 1.85 bits per heavy atom. The number of terminal acetylenes is 1. The second kappa shape index (κ2) is 11.1. The third-order valence-corrected chi connectivity index (χ3v) is 5.12. The Balaban J connectivity index is 0.000000970. The Bertz CT molecular complexity index is 1220. The fraction of sp³-hybridized carbons (Fsp3) is 0.375. The molecule has 2 aromatic heterocycles. The summed E-state index contributed by atoms with van der Waals surface area (Å²) in [5.41, 5.74) is -0.830. The number of nitrogens with one attached hydrogen (secondary N) is 1. The third-order valence-electron chi connectivity index (χ3n) is 5.12. The van der Waals surface area contributed by atoms with Crippen molar-refractivity contribution in [1.82, 2.24) is 14.5 Å². The summed E-state index contributed by atoms with van der Waals surface area (Å²) in [7, 11) is 0. The SMILES string of the molecule is C#C.CC.Cc1nc(NCc2cccc(C(F)F)c2F)c2cn(C3CC(F)(F)C3)c(=O)cc2n1. The van der Waals surface area contributed by atoms with E-state index in [9.17, 15) is 26.7 Å². The van der Waals surface area contributed by atoms with E-state index in [1.165, 1.54) is 29.0 Å². The first-order valence-electron chi connectivity index (χ1n) is 10.6. The normalized spacial score (nSPS) is 14.4. The van der Waals surface area contributed by atoms with Crippen LogP contribution < -0.4 is 10.9 Å². The van der Waals surface area contributed by atoms with E-state index in [2.05, 4.69) is 28.1 Å². The van der Waals surface area contributed by atoms with Crippen molar-refractivity contribution < 1.29 is 22.0 Å². The molecule has 0 aliphatic heterocycles. The van der Waals surface area contributed by atoms with Crippen molar-refractivity contribution in [2.24, 2.45) is 0 Å². The minimum Gasteiger partial charge on any atom is -0.365 e. The van der Waals surface area contributed by atoms with Gasteiger partial charge in [-0.05, 0) is 6.92 Å². The molecule has 0 spiro atoms. The van der Waals surface area contributed by atoms with Gasteiger partial charge in [-0.25, -0.2) is 31.9 Å². The summed E-state index contributed by atoms with van der Waals surface area (Å²) in [6.45, 7) is 5.46. The molecule has 2 heterocycles. The number of anilines is 1. The van der Waals surface area contributed by atoms with E-state index in [0.29, 0.717) is 16.7 Å². The van der Waals surface area contributed by atoms with Crippen LogP contribution in [0.1, 0.15) is 56.1 Å². The maximum absolute atomic E-state index is 14.3. The second-order valence-corrected chi connectivity index (χ2v) is 7.33. The van der Waals surface area contributed by atoms with Gasteiger partial charge >= 0.3 is 0 Å². The lowest BCUT2D eigenvalue weighted by Gasteiger charge is -2.36. The molecule has 10 heteroatoms. The second-order valence-electron chi connectivity index (χ2n) is 7.33. The summed E-state index contributed by atoms with van der Waals surface area (Å²) in [4.78, 5) is 20.8. The first-order chi connectivity index (χ1) is 16.1. The van der Waals surface area contributed by atoms with Crippen molar-refractivity contribution in [3.8, 4) is 12.8 Å². The van der Waals surface area contributed by atoms with Crippen LogP contribution in [0.2, 0.25) is 0 Å². The molecule has 0 atom stereocenters. The van der Waals surface area contributed by atoms with E-state index >= 15 is 0 Å². The molecule has 0 saturated heterocycles. The molecule has 1 aliphatic carbocycles. The monoisotopic (exact) mass is 480 g/mol. The molecule has 1 fully saturated rings. The van der Waals surface area contributed by atoms with Crippen LogP contribution in [0.15, 0.2) is 35.3 Å². The van der Waals surface area contributed by atoms with Crippen molar-refractivity contribution in [1.29, 1.82) is 0 Å². The van der Waals surface area contributed by atoms with E-state index in [0.717, 1.165) is 6.07 Å². The van der Waals surface area contributed by atoms with Crippen LogP contribution in [0.5, 0.6) is 0 Å². The molecule has 0 amide bonds. The van der Waals surface area contributed by atoms with Gasteiger partial charge in [0.1, 0.15) is 17.5 Å². The molecule has 4 rings (SSSR count). The molecule has 34 heavy (non-hydrogen) atoms. The number of aryl methyl sites for hydroxylation is 1. The lowest BCUT2D eigenvalue weighted by molar-refractivity contribution is -0.104. The van der Waals surface area contributed by atoms with Crippen molar-refractivity contribution in [2.45, 2.75) is 58.5 Å². The molecular formula is C24H25F5N4O. The topological polar surface area (TPSA) is 59.8 Å². The number of nitrogens with zero attached hydrogens (tertiary/aromatic N) is 3. The Labute approximate surface area is 194 Å². The molecule has 1 N–H and O–H groups in total. The number of hydrogen-bond acceptors (Lipinski definition) is 4. The standard InChI is InChI=1S/C20H17F5N4O.C2H6.C2H2/c1-10-27-15-5-16(30)29(12-6-20(24,25)7-12)9-14(15)19(28-10)26-8-11-3-2-4-13(17(11)21)18(22)23;2*1-2/h2-5,9,12,18H,6-8H2,1H3,(H,26,27,28);1-2H3;1-2H. The van der Waals surface area contributed by atoms with Gasteiger partial charge in [0.2, 0.25) is 0 Å². The molecule has 1 saturated carbocycles. The van der Waals surface area contributed by atoms with Gasteiger partial charge in [-0.2, -0.15) is 0 Å². The molecule has 1 aliphatic rings. The Morgan fingerprint density at radius 3 is 2.44 bits per heavy atom. The van der Waals surface area contributed by atoms with E-state index in [1.54, 1.807) is 6.92 Å². The first-order valence-corrected chi connectivity index (χ1v) is 10.6. The molecule has 1 aromatic carbocycles. The van der Waals surface area contributed by atoms with Crippen LogP contribution in [0.4, 0.5) is 27.8 Å². The fourth-order valence-electron chi connectivity index (χ4n) is 3.56. The summed E-state index contributed by atoms with van der Waals surface area (Å²) in [5, 5.41) is 3.28. The molecule has 5 nitrogen and oxygen atoms in total. The number of rotatable bonds is 5. The van der Waals surface area contributed by atoms with E-state index < -0.39 is 48.2 Å². The highest BCUT2D eigenvalue weighted by Crippen LogP contribution is 2.45. The minimum absolute atomic E-state index is 0.0178. The largest absolute Gasteiger partial charge is 0.365 e. The smallest absolute Gasteiger partial charge is 0.266 e. The third kappa shape index (κ3) is 5.71. The fourth-order valence-corrected chi connectivity index (χ4v) is 3.56. The highest BCUT2D eigenvalue weighted by molar-refractivity contribution is 5.88. The number of aromatic nitrogens is 3. The zero-order valence-electron chi connectivity index (χ0n) is 19.0. The Hall–Kier alpha value is -3.48. The van der Waals surface area contributed by atoms with Crippen molar-refractivity contribution >= 4 is 16.7 Å².